The van der Waals surface area contributed by atoms with Crippen molar-refractivity contribution in [1.82, 2.24) is 20.5 Å². The molecule has 2 heterocycles. The van der Waals surface area contributed by atoms with Gasteiger partial charge in [0.2, 0.25) is 0 Å². The van der Waals surface area contributed by atoms with Crippen LogP contribution in [0.4, 0.5) is 0 Å². The Balaban J connectivity index is 1.62. The van der Waals surface area contributed by atoms with E-state index >= 15 is 0 Å². The molecule has 0 bridgehead atoms. The van der Waals surface area contributed by atoms with Crippen molar-refractivity contribution in [2.24, 2.45) is 4.99 Å². The number of nitrogens with one attached hydrogen (secondary N) is 2. The van der Waals surface area contributed by atoms with Crippen LogP contribution in [0.3, 0.4) is 0 Å². The number of hydrogen-bond acceptors (Lipinski definition) is 5. The van der Waals surface area contributed by atoms with E-state index in [0.29, 0.717) is 13.1 Å². The maximum absolute atomic E-state index is 5.45. The van der Waals surface area contributed by atoms with Crippen molar-refractivity contribution in [3.8, 4) is 0 Å². The number of hydrogen-bond donors (Lipinski definition) is 2. The highest BCUT2D eigenvalue weighted by atomic mass is 32.1. The van der Waals surface area contributed by atoms with Crippen LogP contribution >= 0.6 is 11.3 Å². The summed E-state index contributed by atoms with van der Waals surface area (Å²) in [7, 11) is 0. The molecule has 7 heteroatoms. The number of nitrogens with zero attached hydrogens (tertiary/aromatic N) is 3. The van der Waals surface area contributed by atoms with Gasteiger partial charge in [0.05, 0.1) is 26.3 Å². The maximum Gasteiger partial charge on any atom is 0.191 e. The fourth-order valence-electron chi connectivity index (χ4n) is 3.01. The van der Waals surface area contributed by atoms with Gasteiger partial charge in [0.25, 0.3) is 0 Å². The van der Waals surface area contributed by atoms with Gasteiger partial charge in [0.1, 0.15) is 5.01 Å². The molecule has 6 nitrogen and oxygen atoms in total. The molecule has 1 aromatic carbocycles. The molecule has 27 heavy (non-hydrogen) atoms. The quantitative estimate of drug-likeness (QED) is 0.565. The molecule has 2 N–H and O–H groups in total. The first-order chi connectivity index (χ1) is 13.2. The number of benzene rings is 1. The molecule has 2 aromatic rings. The molecule has 146 valence electrons. The molecule has 0 aliphatic carbocycles. The Bertz CT molecular complexity index is 739. The third kappa shape index (κ3) is 6.30. The molecule has 1 saturated heterocycles. The fraction of sp³-hybridized carbons (Fsp3) is 0.500. The zero-order valence-electron chi connectivity index (χ0n) is 16.2. The summed E-state index contributed by atoms with van der Waals surface area (Å²) in [5, 5.41) is 7.78. The first-order valence-electron chi connectivity index (χ1n) is 9.55. The highest BCUT2D eigenvalue weighted by Gasteiger charge is 2.12. The van der Waals surface area contributed by atoms with Crippen molar-refractivity contribution in [3.63, 3.8) is 0 Å². The Kier molecular flexibility index (Phi) is 7.62. The summed E-state index contributed by atoms with van der Waals surface area (Å²) in [5.74, 6) is 0.825. The van der Waals surface area contributed by atoms with Crippen molar-refractivity contribution in [3.05, 3.63) is 51.5 Å². The monoisotopic (exact) mass is 387 g/mol. The Morgan fingerprint density at radius 1 is 1.22 bits per heavy atom. The fourth-order valence-corrected chi connectivity index (χ4v) is 3.74. The summed E-state index contributed by atoms with van der Waals surface area (Å²) in [6.07, 6.45) is 1.91. The molecule has 0 atom stereocenters. The number of aromatic nitrogens is 1. The number of guanidine groups is 1. The SMILES string of the molecule is CCNC(=NCc1ccccc1CN1CCOCC1)NCc1ncc(C)s1. The van der Waals surface area contributed by atoms with Crippen molar-refractivity contribution in [1.29, 1.82) is 0 Å². The van der Waals surface area contributed by atoms with Gasteiger partial charge < -0.3 is 15.4 Å². The molecule has 1 aliphatic heterocycles. The van der Waals surface area contributed by atoms with E-state index in [0.717, 1.165) is 50.4 Å². The average Bonchev–Trinajstić information content (AvgIpc) is 3.11. The summed E-state index contributed by atoms with van der Waals surface area (Å²) < 4.78 is 5.45. The van der Waals surface area contributed by atoms with Gasteiger partial charge in [-0.2, -0.15) is 0 Å². The van der Waals surface area contributed by atoms with Crippen molar-refractivity contribution >= 4 is 17.3 Å². The van der Waals surface area contributed by atoms with Crippen LogP contribution in [0.2, 0.25) is 0 Å². The molecule has 1 aliphatic rings. The van der Waals surface area contributed by atoms with Crippen molar-refractivity contribution in [2.45, 2.75) is 33.5 Å². The third-order valence-corrected chi connectivity index (χ3v) is 5.36. The number of morpholine rings is 1. The lowest BCUT2D eigenvalue weighted by molar-refractivity contribution is 0.0341. The number of ether oxygens (including phenoxy) is 1. The van der Waals surface area contributed by atoms with Gasteiger partial charge in [0.15, 0.2) is 5.96 Å². The van der Waals surface area contributed by atoms with Gasteiger partial charge in [-0.25, -0.2) is 9.98 Å². The van der Waals surface area contributed by atoms with E-state index in [2.05, 4.69) is 58.6 Å². The Morgan fingerprint density at radius 2 is 2.00 bits per heavy atom. The molecule has 0 amide bonds. The third-order valence-electron chi connectivity index (χ3n) is 4.44. The smallest absolute Gasteiger partial charge is 0.191 e. The predicted molar refractivity (Wildman–Crippen MR) is 111 cm³/mol. The van der Waals surface area contributed by atoms with Crippen LogP contribution in [0.1, 0.15) is 27.9 Å². The van der Waals surface area contributed by atoms with Gasteiger partial charge in [-0.15, -0.1) is 11.3 Å². The Labute approximate surface area is 165 Å². The summed E-state index contributed by atoms with van der Waals surface area (Å²) in [6.45, 7) is 10.9. The topological polar surface area (TPSA) is 61.8 Å². The Morgan fingerprint density at radius 3 is 2.70 bits per heavy atom. The normalized spacial score (nSPS) is 15.7. The summed E-state index contributed by atoms with van der Waals surface area (Å²) in [4.78, 5) is 12.9. The lowest BCUT2D eigenvalue weighted by atomic mass is 10.1. The second-order valence-electron chi connectivity index (χ2n) is 6.57. The first kappa shape index (κ1) is 19.8. The number of thiazole rings is 1. The zero-order chi connectivity index (χ0) is 18.9. The van der Waals surface area contributed by atoms with Crippen LogP contribution in [0.5, 0.6) is 0 Å². The maximum atomic E-state index is 5.45. The summed E-state index contributed by atoms with van der Waals surface area (Å²) in [6, 6.07) is 8.58. The highest BCUT2D eigenvalue weighted by molar-refractivity contribution is 7.11. The lowest BCUT2D eigenvalue weighted by Crippen LogP contribution is -2.37. The van der Waals surface area contributed by atoms with Gasteiger partial charge in [-0.3, -0.25) is 4.90 Å². The second-order valence-corrected chi connectivity index (χ2v) is 7.89. The molecule has 0 saturated carbocycles. The van der Waals surface area contributed by atoms with Crippen LogP contribution in [0.15, 0.2) is 35.5 Å². The number of aliphatic imine (C=N–C) groups is 1. The average molecular weight is 388 g/mol. The van der Waals surface area contributed by atoms with E-state index in [4.69, 9.17) is 9.73 Å². The van der Waals surface area contributed by atoms with E-state index in [1.807, 2.05) is 6.20 Å². The molecular formula is C20H29N5OS. The van der Waals surface area contributed by atoms with Crippen LogP contribution in [0.25, 0.3) is 0 Å². The lowest BCUT2D eigenvalue weighted by Gasteiger charge is -2.27. The van der Waals surface area contributed by atoms with E-state index in [9.17, 15) is 0 Å². The Hall–Kier alpha value is -1.96. The minimum absolute atomic E-state index is 0.659. The molecule has 0 radical (unpaired) electrons. The van der Waals surface area contributed by atoms with E-state index in [1.165, 1.54) is 16.0 Å². The minimum Gasteiger partial charge on any atom is -0.379 e. The largest absolute Gasteiger partial charge is 0.379 e. The molecule has 1 aromatic heterocycles. The number of rotatable bonds is 7. The predicted octanol–water partition coefficient (Wildman–Crippen LogP) is 2.54. The summed E-state index contributed by atoms with van der Waals surface area (Å²) >= 11 is 1.71. The molecule has 1 fully saturated rings. The molecular weight excluding hydrogens is 358 g/mol. The van der Waals surface area contributed by atoms with Gasteiger partial charge >= 0.3 is 0 Å². The van der Waals surface area contributed by atoms with E-state index in [1.54, 1.807) is 11.3 Å². The van der Waals surface area contributed by atoms with E-state index < -0.39 is 0 Å². The van der Waals surface area contributed by atoms with Crippen LogP contribution in [-0.4, -0.2) is 48.7 Å². The van der Waals surface area contributed by atoms with Crippen molar-refractivity contribution < 1.29 is 4.74 Å². The van der Waals surface area contributed by atoms with Crippen LogP contribution < -0.4 is 10.6 Å². The standard InChI is InChI=1S/C20H29N5OS/c1-3-21-20(24-14-19-22-12-16(2)27-19)23-13-17-6-4-5-7-18(17)15-25-8-10-26-11-9-25/h4-7,12H,3,8-11,13-15H2,1-2H3,(H2,21,23,24). The van der Waals surface area contributed by atoms with Gasteiger partial charge in [-0.1, -0.05) is 24.3 Å². The van der Waals surface area contributed by atoms with Gasteiger partial charge in [0, 0.05) is 37.3 Å². The first-order valence-corrected chi connectivity index (χ1v) is 10.4. The van der Waals surface area contributed by atoms with Crippen LogP contribution in [-0.2, 0) is 24.4 Å². The van der Waals surface area contributed by atoms with Crippen LogP contribution in [0, 0.1) is 6.92 Å². The minimum atomic E-state index is 0.659. The summed E-state index contributed by atoms with van der Waals surface area (Å²) in [5.41, 5.74) is 2.61. The zero-order valence-corrected chi connectivity index (χ0v) is 17.0. The number of aryl methyl sites for hydroxylation is 1. The van der Waals surface area contributed by atoms with Crippen molar-refractivity contribution in [2.75, 3.05) is 32.8 Å². The molecule has 0 unspecified atom stereocenters. The van der Waals surface area contributed by atoms with E-state index in [-0.39, 0.29) is 0 Å². The molecule has 0 spiro atoms. The van der Waals surface area contributed by atoms with Gasteiger partial charge in [-0.05, 0) is 25.0 Å². The molecule has 3 rings (SSSR count). The highest BCUT2D eigenvalue weighted by Crippen LogP contribution is 2.14. The second kappa shape index (κ2) is 10.4.